The highest BCUT2D eigenvalue weighted by molar-refractivity contribution is 6.44. The van der Waals surface area contributed by atoms with Crippen molar-refractivity contribution < 1.29 is 28.3 Å². The molecule has 1 fully saturated rings. The zero-order valence-corrected chi connectivity index (χ0v) is 8.39. The van der Waals surface area contributed by atoms with E-state index in [0.717, 1.165) is 6.92 Å². The molecular formula is C7H10BNO6. The van der Waals surface area contributed by atoms with Crippen LogP contribution in [0.5, 0.6) is 0 Å². The number of carbonyl (C=O) groups is 3. The summed E-state index contributed by atoms with van der Waals surface area (Å²) in [5, 5.41) is 0. The largest absolute Gasteiger partial charge is 0.870 e. The highest BCUT2D eigenvalue weighted by atomic mass is 16.8. The monoisotopic (exact) mass is 215 g/mol. The Morgan fingerprint density at radius 1 is 1.33 bits per heavy atom. The highest BCUT2D eigenvalue weighted by Gasteiger charge is 2.37. The van der Waals surface area contributed by atoms with Crippen molar-refractivity contribution in [2.75, 3.05) is 20.1 Å². The topological polar surface area (TPSA) is 82.1 Å². The van der Waals surface area contributed by atoms with Crippen LogP contribution in [0.4, 0.5) is 0 Å². The second-order valence-corrected chi connectivity index (χ2v) is 3.05. The van der Waals surface area contributed by atoms with Gasteiger partial charge in [-0.3, -0.25) is 19.3 Å². The molecule has 15 heavy (non-hydrogen) atoms. The van der Waals surface area contributed by atoms with Gasteiger partial charge < -0.3 is 14.0 Å². The summed E-state index contributed by atoms with van der Waals surface area (Å²) in [5.74, 6) is -1.96. The molecule has 0 unspecified atom stereocenters. The van der Waals surface area contributed by atoms with E-state index in [-0.39, 0.29) is 13.1 Å². The molecule has 7 nitrogen and oxygen atoms in total. The van der Waals surface area contributed by atoms with Crippen molar-refractivity contribution in [3.8, 4) is 0 Å². The Morgan fingerprint density at radius 2 is 1.80 bits per heavy atom. The third kappa shape index (κ3) is 3.98. The van der Waals surface area contributed by atoms with E-state index in [1.54, 1.807) is 7.05 Å². The van der Waals surface area contributed by atoms with Gasteiger partial charge in [-0.15, -0.1) is 0 Å². The lowest BCUT2D eigenvalue weighted by atomic mass is 10.2. The molecule has 0 amide bonds. The Bertz CT molecular complexity index is 273. The van der Waals surface area contributed by atoms with Crippen molar-refractivity contribution in [3.05, 3.63) is 0 Å². The van der Waals surface area contributed by atoms with E-state index in [0.29, 0.717) is 0 Å². The molecule has 1 rings (SSSR count). The third-order valence-electron chi connectivity index (χ3n) is 1.52. The van der Waals surface area contributed by atoms with Gasteiger partial charge in [0.05, 0.1) is 13.1 Å². The Balaban J connectivity index is 2.61. The van der Waals surface area contributed by atoms with Gasteiger partial charge in [-0.2, -0.15) is 0 Å². The first-order valence-electron chi connectivity index (χ1n) is 4.22. The Kier molecular flexibility index (Phi) is 3.67. The molecule has 0 aromatic rings. The zero-order valence-electron chi connectivity index (χ0n) is 8.39. The molecule has 0 spiro atoms. The van der Waals surface area contributed by atoms with Crippen molar-refractivity contribution in [2.45, 2.75) is 6.92 Å². The maximum Gasteiger partial charge on any atom is 0.870 e. The maximum absolute atomic E-state index is 11.1. The van der Waals surface area contributed by atoms with Crippen LogP contribution in [0.3, 0.4) is 0 Å². The van der Waals surface area contributed by atoms with Gasteiger partial charge in [0.2, 0.25) is 0 Å². The van der Waals surface area contributed by atoms with Crippen LogP contribution in [0.2, 0.25) is 0 Å². The van der Waals surface area contributed by atoms with E-state index in [9.17, 15) is 14.4 Å². The minimum absolute atomic E-state index is 0.0626. The molecule has 0 saturated carbocycles. The van der Waals surface area contributed by atoms with Gasteiger partial charge in [0, 0.05) is 6.92 Å². The molecule has 0 aliphatic carbocycles. The normalized spacial score (nSPS) is 18.7. The first-order chi connectivity index (χ1) is 6.97. The lowest BCUT2D eigenvalue weighted by molar-refractivity contribution is -0.151. The van der Waals surface area contributed by atoms with Crippen molar-refractivity contribution in [3.63, 3.8) is 0 Å². The summed E-state index contributed by atoms with van der Waals surface area (Å²) in [5.41, 5.74) is 0. The molecular weight excluding hydrogens is 205 g/mol. The molecule has 0 aromatic heterocycles. The van der Waals surface area contributed by atoms with Crippen molar-refractivity contribution in [2.24, 2.45) is 0 Å². The van der Waals surface area contributed by atoms with Crippen LogP contribution in [0.1, 0.15) is 6.92 Å². The van der Waals surface area contributed by atoms with Crippen LogP contribution in [0.25, 0.3) is 0 Å². The lowest BCUT2D eigenvalue weighted by Crippen LogP contribution is -2.44. The average Bonchev–Trinajstić information content (AvgIpc) is 1.98. The fraction of sp³-hybridized carbons (Fsp3) is 0.571. The van der Waals surface area contributed by atoms with Crippen LogP contribution >= 0.6 is 0 Å². The fourth-order valence-electron chi connectivity index (χ4n) is 0.994. The molecule has 1 aliphatic heterocycles. The molecule has 82 valence electrons. The molecule has 1 saturated heterocycles. The van der Waals surface area contributed by atoms with Gasteiger partial charge in [0.25, 0.3) is 5.97 Å². The predicted molar refractivity (Wildman–Crippen MR) is 47.2 cm³/mol. The molecule has 0 bridgehead atoms. The van der Waals surface area contributed by atoms with E-state index < -0.39 is 25.2 Å². The van der Waals surface area contributed by atoms with Crippen LogP contribution in [-0.4, -0.2) is 50.3 Å². The van der Waals surface area contributed by atoms with E-state index in [1.165, 1.54) is 4.90 Å². The minimum Gasteiger partial charge on any atom is -0.462 e. The Morgan fingerprint density at radius 3 is 2.20 bits per heavy atom. The van der Waals surface area contributed by atoms with Crippen LogP contribution < -0.4 is 0 Å². The van der Waals surface area contributed by atoms with E-state index in [2.05, 4.69) is 14.0 Å². The quantitative estimate of drug-likeness (QED) is 0.495. The number of hydrogen-bond donors (Lipinski definition) is 0. The average molecular weight is 215 g/mol. The van der Waals surface area contributed by atoms with Gasteiger partial charge >= 0.3 is 19.3 Å². The Labute approximate surface area is 86.4 Å². The first kappa shape index (κ1) is 11.5. The lowest BCUT2D eigenvalue weighted by Gasteiger charge is -2.20. The van der Waals surface area contributed by atoms with Gasteiger partial charge in [-0.25, -0.2) is 0 Å². The zero-order chi connectivity index (χ0) is 11.4. The maximum atomic E-state index is 11.1. The predicted octanol–water partition coefficient (Wildman–Crippen LogP) is -1.43. The summed E-state index contributed by atoms with van der Waals surface area (Å²) in [4.78, 5) is 34.2. The molecule has 0 atom stereocenters. The first-order valence-corrected chi connectivity index (χ1v) is 4.22. The van der Waals surface area contributed by atoms with Crippen molar-refractivity contribution in [1.82, 2.24) is 4.90 Å². The number of hydrogen-bond acceptors (Lipinski definition) is 7. The summed E-state index contributed by atoms with van der Waals surface area (Å²) >= 11 is 0. The van der Waals surface area contributed by atoms with Crippen LogP contribution in [0.15, 0.2) is 0 Å². The summed E-state index contributed by atoms with van der Waals surface area (Å²) in [6, 6.07) is 0. The molecule has 1 aliphatic rings. The number of carbonyl (C=O) groups excluding carboxylic acids is 3. The standard InChI is InChI=1S/C7H10BNO6/c1-5(10)13-8-14-6(11)3-9(2)4-7(12)15-8/h3-4H2,1-2H3. The second kappa shape index (κ2) is 4.78. The smallest absolute Gasteiger partial charge is 0.462 e. The number of rotatable bonds is 1. The molecule has 8 heteroatoms. The van der Waals surface area contributed by atoms with Crippen molar-refractivity contribution in [1.29, 1.82) is 0 Å². The highest BCUT2D eigenvalue weighted by Crippen LogP contribution is 2.01. The molecule has 1 heterocycles. The Hall–Kier alpha value is -1.57. The van der Waals surface area contributed by atoms with Gasteiger partial charge in [0.1, 0.15) is 0 Å². The minimum atomic E-state index is -1.57. The van der Waals surface area contributed by atoms with Crippen molar-refractivity contribution >= 4 is 25.2 Å². The van der Waals surface area contributed by atoms with Crippen LogP contribution in [-0.2, 0) is 28.3 Å². The number of nitrogens with zero attached hydrogens (tertiary/aromatic N) is 1. The second-order valence-electron chi connectivity index (χ2n) is 3.05. The van der Waals surface area contributed by atoms with Gasteiger partial charge in [0.15, 0.2) is 0 Å². The van der Waals surface area contributed by atoms with E-state index in [1.807, 2.05) is 0 Å². The number of likely N-dealkylation sites (N-methyl/N-ethyl adjacent to an activating group) is 1. The van der Waals surface area contributed by atoms with Gasteiger partial charge in [-0.1, -0.05) is 0 Å². The van der Waals surface area contributed by atoms with E-state index >= 15 is 0 Å². The van der Waals surface area contributed by atoms with E-state index in [4.69, 9.17) is 0 Å². The summed E-state index contributed by atoms with van der Waals surface area (Å²) < 4.78 is 13.6. The SMILES string of the molecule is CC(=O)OB1OC(=O)CN(C)CC(=O)O1. The summed E-state index contributed by atoms with van der Waals surface area (Å²) in [6.45, 7) is 0.992. The third-order valence-corrected chi connectivity index (χ3v) is 1.52. The summed E-state index contributed by atoms with van der Waals surface area (Å²) in [6.07, 6.45) is 0. The fourth-order valence-corrected chi connectivity index (χ4v) is 0.994. The van der Waals surface area contributed by atoms with Crippen LogP contribution in [0, 0.1) is 0 Å². The molecule has 0 N–H and O–H groups in total. The van der Waals surface area contributed by atoms with Gasteiger partial charge in [-0.05, 0) is 7.05 Å². The summed E-state index contributed by atoms with van der Waals surface area (Å²) in [7, 11) is -0.00880. The molecule has 0 aromatic carbocycles. The molecule has 0 radical (unpaired) electrons.